The molecule has 2 aromatic rings. The van der Waals surface area contributed by atoms with Crippen LogP contribution in [0.15, 0.2) is 30.3 Å². The maximum absolute atomic E-state index is 13.7. The van der Waals surface area contributed by atoms with E-state index in [2.05, 4.69) is 9.97 Å². The number of aryl methyl sites for hydroxylation is 1. The Morgan fingerprint density at radius 3 is 2.67 bits per heavy atom. The SMILES string of the molecule is Cc1cc(CO)nc(N(C)c2ccccc2F)n1. The Hall–Kier alpha value is -2.01. The molecule has 0 aliphatic rings. The fraction of sp³-hybridized carbons (Fsp3) is 0.231. The largest absolute Gasteiger partial charge is 0.390 e. The van der Waals surface area contributed by atoms with Crippen molar-refractivity contribution in [3.8, 4) is 0 Å². The average molecular weight is 247 g/mol. The summed E-state index contributed by atoms with van der Waals surface area (Å²) in [5, 5.41) is 9.11. The summed E-state index contributed by atoms with van der Waals surface area (Å²) in [5.41, 5.74) is 1.64. The third-order valence-electron chi connectivity index (χ3n) is 2.57. The van der Waals surface area contributed by atoms with Crippen molar-refractivity contribution in [3.05, 3.63) is 47.5 Å². The second-order valence-corrected chi connectivity index (χ2v) is 3.97. The highest BCUT2D eigenvalue weighted by Gasteiger charge is 2.12. The van der Waals surface area contributed by atoms with Gasteiger partial charge in [0.25, 0.3) is 0 Å². The Balaban J connectivity index is 2.43. The number of benzene rings is 1. The highest BCUT2D eigenvalue weighted by atomic mass is 19.1. The summed E-state index contributed by atoms with van der Waals surface area (Å²) >= 11 is 0. The highest BCUT2D eigenvalue weighted by Crippen LogP contribution is 2.23. The molecule has 0 saturated heterocycles. The highest BCUT2D eigenvalue weighted by molar-refractivity contribution is 5.57. The summed E-state index contributed by atoms with van der Waals surface area (Å²) in [6.45, 7) is 1.64. The summed E-state index contributed by atoms with van der Waals surface area (Å²) < 4.78 is 13.7. The van der Waals surface area contributed by atoms with Crippen LogP contribution >= 0.6 is 0 Å². The molecule has 94 valence electrons. The van der Waals surface area contributed by atoms with Gasteiger partial charge in [0.15, 0.2) is 0 Å². The van der Waals surface area contributed by atoms with Crippen LogP contribution in [-0.2, 0) is 6.61 Å². The van der Waals surface area contributed by atoms with Crippen molar-refractivity contribution in [3.63, 3.8) is 0 Å². The van der Waals surface area contributed by atoms with E-state index in [4.69, 9.17) is 5.11 Å². The van der Waals surface area contributed by atoms with Crippen LogP contribution in [-0.4, -0.2) is 22.1 Å². The molecule has 1 heterocycles. The van der Waals surface area contributed by atoms with Crippen LogP contribution in [0.4, 0.5) is 16.0 Å². The van der Waals surface area contributed by atoms with Gasteiger partial charge in [-0.1, -0.05) is 12.1 Å². The smallest absolute Gasteiger partial charge is 0.230 e. The Bertz CT molecular complexity index is 560. The topological polar surface area (TPSA) is 49.3 Å². The molecule has 1 N–H and O–H groups in total. The molecule has 0 saturated carbocycles. The summed E-state index contributed by atoms with van der Waals surface area (Å²) in [5.74, 6) is 0.0276. The van der Waals surface area contributed by atoms with Gasteiger partial charge in [0.05, 0.1) is 18.0 Å². The first-order valence-corrected chi connectivity index (χ1v) is 5.55. The molecule has 1 aromatic heterocycles. The quantitative estimate of drug-likeness (QED) is 0.903. The number of aromatic nitrogens is 2. The predicted octanol–water partition coefficient (Wildman–Crippen LogP) is 2.18. The van der Waals surface area contributed by atoms with Gasteiger partial charge in [0.2, 0.25) is 5.95 Å². The number of halogens is 1. The first kappa shape index (κ1) is 12.4. The van der Waals surface area contributed by atoms with Gasteiger partial charge in [-0.15, -0.1) is 0 Å². The minimum absolute atomic E-state index is 0.165. The van der Waals surface area contributed by atoms with Gasteiger partial charge < -0.3 is 10.0 Å². The molecular formula is C13H14FN3O. The molecule has 0 bridgehead atoms. The van der Waals surface area contributed by atoms with Gasteiger partial charge in [-0.2, -0.15) is 0 Å². The van der Waals surface area contributed by atoms with Crippen LogP contribution < -0.4 is 4.90 Å². The zero-order chi connectivity index (χ0) is 13.1. The molecule has 2 rings (SSSR count). The first-order valence-electron chi connectivity index (χ1n) is 5.55. The number of hydrogen-bond acceptors (Lipinski definition) is 4. The van der Waals surface area contributed by atoms with E-state index >= 15 is 0 Å². The monoisotopic (exact) mass is 247 g/mol. The van der Waals surface area contributed by atoms with Crippen molar-refractivity contribution >= 4 is 11.6 Å². The predicted molar refractivity (Wildman–Crippen MR) is 67.2 cm³/mol. The molecule has 5 heteroatoms. The first-order chi connectivity index (χ1) is 8.61. The second kappa shape index (κ2) is 5.10. The van der Waals surface area contributed by atoms with E-state index in [0.717, 1.165) is 5.69 Å². The normalized spacial score (nSPS) is 10.4. The third kappa shape index (κ3) is 2.46. The zero-order valence-corrected chi connectivity index (χ0v) is 10.3. The lowest BCUT2D eigenvalue weighted by Gasteiger charge is -2.18. The minimum Gasteiger partial charge on any atom is -0.390 e. The molecule has 4 nitrogen and oxygen atoms in total. The maximum atomic E-state index is 13.7. The van der Waals surface area contributed by atoms with Crippen molar-refractivity contribution in [2.24, 2.45) is 0 Å². The number of aliphatic hydroxyl groups excluding tert-OH is 1. The molecule has 0 atom stereocenters. The lowest BCUT2D eigenvalue weighted by molar-refractivity contribution is 0.276. The maximum Gasteiger partial charge on any atom is 0.230 e. The molecule has 0 fully saturated rings. The molecule has 0 unspecified atom stereocenters. The summed E-state index contributed by atoms with van der Waals surface area (Å²) in [6, 6.07) is 8.10. The van der Waals surface area contributed by atoms with E-state index in [0.29, 0.717) is 17.3 Å². The van der Waals surface area contributed by atoms with E-state index in [1.807, 2.05) is 0 Å². The van der Waals surface area contributed by atoms with Gasteiger partial charge >= 0.3 is 0 Å². The Morgan fingerprint density at radius 1 is 1.28 bits per heavy atom. The van der Waals surface area contributed by atoms with Gasteiger partial charge in [-0.05, 0) is 25.1 Å². The average Bonchev–Trinajstić information content (AvgIpc) is 2.37. The molecule has 0 amide bonds. The third-order valence-corrected chi connectivity index (χ3v) is 2.57. The van der Waals surface area contributed by atoms with E-state index in [1.54, 1.807) is 43.1 Å². The van der Waals surface area contributed by atoms with Crippen molar-refractivity contribution < 1.29 is 9.50 Å². The summed E-state index contributed by atoms with van der Waals surface area (Å²) in [7, 11) is 1.69. The van der Waals surface area contributed by atoms with Gasteiger partial charge in [-0.3, -0.25) is 0 Å². The number of para-hydroxylation sites is 1. The van der Waals surface area contributed by atoms with Crippen molar-refractivity contribution in [2.75, 3.05) is 11.9 Å². The Morgan fingerprint density at radius 2 is 2.00 bits per heavy atom. The van der Waals surface area contributed by atoms with Crippen molar-refractivity contribution in [1.29, 1.82) is 0 Å². The van der Waals surface area contributed by atoms with Crippen LogP contribution in [0.2, 0.25) is 0 Å². The Kier molecular flexibility index (Phi) is 3.53. The van der Waals surface area contributed by atoms with Gasteiger partial charge in [0, 0.05) is 12.7 Å². The fourth-order valence-electron chi connectivity index (χ4n) is 1.68. The summed E-state index contributed by atoms with van der Waals surface area (Å²) in [6.07, 6.45) is 0. The number of hydrogen-bond donors (Lipinski definition) is 1. The molecule has 18 heavy (non-hydrogen) atoms. The van der Waals surface area contributed by atoms with Crippen molar-refractivity contribution in [1.82, 2.24) is 9.97 Å². The Labute approximate surface area is 105 Å². The van der Waals surface area contributed by atoms with Crippen LogP contribution in [0.1, 0.15) is 11.4 Å². The minimum atomic E-state index is -0.337. The van der Waals surface area contributed by atoms with E-state index < -0.39 is 0 Å². The lowest BCUT2D eigenvalue weighted by atomic mass is 10.3. The molecule has 0 aliphatic carbocycles. The zero-order valence-electron chi connectivity index (χ0n) is 10.3. The number of nitrogens with zero attached hydrogens (tertiary/aromatic N) is 3. The second-order valence-electron chi connectivity index (χ2n) is 3.97. The lowest BCUT2D eigenvalue weighted by Crippen LogP contribution is -2.15. The molecule has 1 aromatic carbocycles. The van der Waals surface area contributed by atoms with E-state index in [-0.39, 0.29) is 12.4 Å². The molecule has 0 spiro atoms. The standard InChI is InChI=1S/C13H14FN3O/c1-9-7-10(8-18)16-13(15-9)17(2)12-6-4-3-5-11(12)14/h3-7,18H,8H2,1-2H3. The number of rotatable bonds is 3. The van der Waals surface area contributed by atoms with Crippen LogP contribution in [0.3, 0.4) is 0 Å². The van der Waals surface area contributed by atoms with Crippen LogP contribution in [0.5, 0.6) is 0 Å². The van der Waals surface area contributed by atoms with Crippen LogP contribution in [0.25, 0.3) is 0 Å². The molecule has 0 radical (unpaired) electrons. The number of anilines is 2. The van der Waals surface area contributed by atoms with Crippen molar-refractivity contribution in [2.45, 2.75) is 13.5 Å². The summed E-state index contributed by atoms with van der Waals surface area (Å²) in [4.78, 5) is 9.96. The number of aliphatic hydroxyl groups is 1. The molecule has 0 aliphatic heterocycles. The van der Waals surface area contributed by atoms with Gasteiger partial charge in [0.1, 0.15) is 5.82 Å². The van der Waals surface area contributed by atoms with E-state index in [9.17, 15) is 4.39 Å². The van der Waals surface area contributed by atoms with Crippen LogP contribution in [0, 0.1) is 12.7 Å². The van der Waals surface area contributed by atoms with Gasteiger partial charge in [-0.25, -0.2) is 14.4 Å². The fourth-order valence-corrected chi connectivity index (χ4v) is 1.68. The molecular weight excluding hydrogens is 233 g/mol. The van der Waals surface area contributed by atoms with E-state index in [1.165, 1.54) is 6.07 Å².